The van der Waals surface area contributed by atoms with E-state index in [1.54, 1.807) is 12.1 Å². The van der Waals surface area contributed by atoms with E-state index in [1.807, 2.05) is 0 Å². The maximum atomic E-state index is 13.1. The van der Waals surface area contributed by atoms with Crippen molar-refractivity contribution in [1.82, 2.24) is 4.90 Å². The average Bonchev–Trinajstić information content (AvgIpc) is 2.57. The maximum absolute atomic E-state index is 13.1. The summed E-state index contributed by atoms with van der Waals surface area (Å²) in [5.74, 6) is -2.68. The molecule has 1 aromatic rings. The molecule has 2 rings (SSSR count). The third kappa shape index (κ3) is 3.02. The van der Waals surface area contributed by atoms with E-state index in [4.69, 9.17) is 0 Å². The molecule has 0 spiro atoms. The van der Waals surface area contributed by atoms with Crippen LogP contribution in [0.1, 0.15) is 12.0 Å². The largest absolute Gasteiger partial charge is 0.293 e. The molecular formula is C11H11BrF2N2O2. The van der Waals surface area contributed by atoms with Crippen molar-refractivity contribution in [3.63, 3.8) is 0 Å². The SMILES string of the molecule is O=[N+]([O-])c1ccc(Br)cc1CN1CCC(F)(F)C1. The second kappa shape index (κ2) is 4.89. The minimum Gasteiger partial charge on any atom is -0.293 e. The second-order valence-electron chi connectivity index (χ2n) is 4.35. The van der Waals surface area contributed by atoms with E-state index in [2.05, 4.69) is 15.9 Å². The van der Waals surface area contributed by atoms with Gasteiger partial charge in [0.1, 0.15) is 0 Å². The van der Waals surface area contributed by atoms with E-state index in [0.717, 1.165) is 0 Å². The molecule has 1 heterocycles. The second-order valence-corrected chi connectivity index (χ2v) is 5.26. The number of hydrogen-bond donors (Lipinski definition) is 0. The van der Waals surface area contributed by atoms with Crippen LogP contribution in [0.25, 0.3) is 0 Å². The van der Waals surface area contributed by atoms with Crippen molar-refractivity contribution in [3.8, 4) is 0 Å². The Kier molecular flexibility index (Phi) is 3.63. The Balaban J connectivity index is 2.18. The zero-order valence-electron chi connectivity index (χ0n) is 9.41. The van der Waals surface area contributed by atoms with Crippen LogP contribution in [0.5, 0.6) is 0 Å². The molecule has 0 aliphatic carbocycles. The van der Waals surface area contributed by atoms with Crippen LogP contribution >= 0.6 is 15.9 Å². The summed E-state index contributed by atoms with van der Waals surface area (Å²) in [6, 6.07) is 4.56. The van der Waals surface area contributed by atoms with Gasteiger partial charge >= 0.3 is 0 Å². The van der Waals surface area contributed by atoms with Gasteiger partial charge in [0, 0.05) is 35.6 Å². The Morgan fingerprint density at radius 2 is 2.22 bits per heavy atom. The molecule has 1 aromatic carbocycles. The van der Waals surface area contributed by atoms with Crippen molar-refractivity contribution in [3.05, 3.63) is 38.3 Å². The van der Waals surface area contributed by atoms with Crippen molar-refractivity contribution in [2.24, 2.45) is 0 Å². The molecule has 0 saturated carbocycles. The summed E-state index contributed by atoms with van der Waals surface area (Å²) in [5.41, 5.74) is 0.417. The van der Waals surface area contributed by atoms with Gasteiger partial charge in [0.15, 0.2) is 0 Å². The van der Waals surface area contributed by atoms with E-state index in [-0.39, 0.29) is 31.7 Å². The number of alkyl halides is 2. The van der Waals surface area contributed by atoms with Crippen molar-refractivity contribution >= 4 is 21.6 Å². The molecule has 1 aliphatic heterocycles. The third-order valence-electron chi connectivity index (χ3n) is 2.88. The van der Waals surface area contributed by atoms with Gasteiger partial charge in [0.05, 0.1) is 11.5 Å². The van der Waals surface area contributed by atoms with Gasteiger partial charge in [-0.2, -0.15) is 0 Å². The van der Waals surface area contributed by atoms with Gasteiger partial charge in [-0.05, 0) is 12.1 Å². The van der Waals surface area contributed by atoms with Gasteiger partial charge in [-0.15, -0.1) is 0 Å². The lowest BCUT2D eigenvalue weighted by Crippen LogP contribution is -2.25. The Morgan fingerprint density at radius 1 is 1.50 bits per heavy atom. The highest BCUT2D eigenvalue weighted by atomic mass is 79.9. The lowest BCUT2D eigenvalue weighted by atomic mass is 10.1. The summed E-state index contributed by atoms with van der Waals surface area (Å²) in [6.45, 7) is 0.0959. The normalized spacial score (nSPS) is 19.1. The van der Waals surface area contributed by atoms with Crippen LogP contribution in [0, 0.1) is 10.1 Å². The molecule has 1 aliphatic rings. The van der Waals surface area contributed by atoms with Gasteiger partial charge in [0.2, 0.25) is 0 Å². The minimum absolute atomic E-state index is 0.0339. The zero-order chi connectivity index (χ0) is 13.3. The van der Waals surface area contributed by atoms with Gasteiger partial charge in [-0.25, -0.2) is 8.78 Å². The van der Waals surface area contributed by atoms with Crippen LogP contribution in [-0.4, -0.2) is 28.8 Å². The average molecular weight is 321 g/mol. The van der Waals surface area contributed by atoms with E-state index in [9.17, 15) is 18.9 Å². The van der Waals surface area contributed by atoms with Crippen molar-refractivity contribution in [2.45, 2.75) is 18.9 Å². The number of halogens is 3. The summed E-state index contributed by atoms with van der Waals surface area (Å²) >= 11 is 3.23. The molecule has 0 unspecified atom stereocenters. The fourth-order valence-electron chi connectivity index (χ4n) is 2.04. The molecule has 7 heteroatoms. The van der Waals surface area contributed by atoms with Crippen LogP contribution in [0.4, 0.5) is 14.5 Å². The number of rotatable bonds is 3. The Hall–Kier alpha value is -1.08. The minimum atomic E-state index is -2.68. The summed E-state index contributed by atoms with van der Waals surface area (Å²) in [4.78, 5) is 11.9. The van der Waals surface area contributed by atoms with Gasteiger partial charge in [-0.3, -0.25) is 15.0 Å². The number of nitrogens with zero attached hydrogens (tertiary/aromatic N) is 2. The smallest absolute Gasteiger partial charge is 0.273 e. The fraction of sp³-hybridized carbons (Fsp3) is 0.455. The maximum Gasteiger partial charge on any atom is 0.273 e. The highest BCUT2D eigenvalue weighted by Crippen LogP contribution is 2.30. The summed E-state index contributed by atoms with van der Waals surface area (Å²) < 4.78 is 26.8. The lowest BCUT2D eigenvalue weighted by molar-refractivity contribution is -0.385. The molecule has 0 radical (unpaired) electrons. The van der Waals surface area contributed by atoms with Crippen LogP contribution in [-0.2, 0) is 6.54 Å². The Labute approximate surface area is 111 Å². The van der Waals surface area contributed by atoms with Crippen molar-refractivity contribution in [2.75, 3.05) is 13.1 Å². The first-order valence-electron chi connectivity index (χ1n) is 5.40. The fourth-order valence-corrected chi connectivity index (χ4v) is 2.45. The number of nitro groups is 1. The first kappa shape index (κ1) is 13.4. The molecule has 0 aromatic heterocycles. The predicted octanol–water partition coefficient (Wildman–Crippen LogP) is 3.20. The lowest BCUT2D eigenvalue weighted by Gasteiger charge is -2.15. The quantitative estimate of drug-likeness (QED) is 0.634. The molecule has 1 saturated heterocycles. The number of likely N-dealkylation sites (tertiary alicyclic amines) is 1. The molecule has 18 heavy (non-hydrogen) atoms. The highest BCUT2D eigenvalue weighted by molar-refractivity contribution is 9.10. The van der Waals surface area contributed by atoms with Crippen molar-refractivity contribution < 1.29 is 13.7 Å². The molecule has 0 atom stereocenters. The zero-order valence-corrected chi connectivity index (χ0v) is 11.0. The number of nitro benzene ring substituents is 1. The number of hydrogen-bond acceptors (Lipinski definition) is 3. The molecule has 98 valence electrons. The standard InChI is InChI=1S/C11H11BrF2N2O2/c12-9-1-2-10(16(17)18)8(5-9)6-15-4-3-11(13,14)7-15/h1-2,5H,3-4,6-7H2. The Morgan fingerprint density at radius 3 is 2.78 bits per heavy atom. The number of benzene rings is 1. The molecule has 0 amide bonds. The summed E-state index contributed by atoms with van der Waals surface area (Å²) in [6.07, 6.45) is -0.186. The monoisotopic (exact) mass is 320 g/mol. The first-order chi connectivity index (χ1) is 8.37. The van der Waals surface area contributed by atoms with Crippen LogP contribution in [0.2, 0.25) is 0 Å². The molecule has 0 N–H and O–H groups in total. The third-order valence-corrected chi connectivity index (χ3v) is 3.37. The molecule has 4 nitrogen and oxygen atoms in total. The highest BCUT2D eigenvalue weighted by Gasteiger charge is 2.38. The first-order valence-corrected chi connectivity index (χ1v) is 6.20. The van der Waals surface area contributed by atoms with E-state index in [1.165, 1.54) is 11.0 Å². The van der Waals surface area contributed by atoms with Gasteiger partial charge < -0.3 is 0 Å². The topological polar surface area (TPSA) is 46.4 Å². The van der Waals surface area contributed by atoms with Gasteiger partial charge in [0.25, 0.3) is 11.6 Å². The summed E-state index contributed by atoms with van der Waals surface area (Å²) in [5, 5.41) is 10.9. The van der Waals surface area contributed by atoms with Crippen LogP contribution < -0.4 is 0 Å². The molecule has 0 bridgehead atoms. The van der Waals surface area contributed by atoms with Gasteiger partial charge in [-0.1, -0.05) is 15.9 Å². The molecule has 1 fully saturated rings. The molecular weight excluding hydrogens is 310 g/mol. The predicted molar refractivity (Wildman–Crippen MR) is 65.6 cm³/mol. The van der Waals surface area contributed by atoms with Crippen LogP contribution in [0.3, 0.4) is 0 Å². The van der Waals surface area contributed by atoms with E-state index in [0.29, 0.717) is 10.0 Å². The summed E-state index contributed by atoms with van der Waals surface area (Å²) in [7, 11) is 0. The van der Waals surface area contributed by atoms with Crippen molar-refractivity contribution in [1.29, 1.82) is 0 Å². The van der Waals surface area contributed by atoms with Crippen LogP contribution in [0.15, 0.2) is 22.7 Å². The Bertz CT molecular complexity index is 482. The van der Waals surface area contributed by atoms with E-state index >= 15 is 0 Å². The van der Waals surface area contributed by atoms with E-state index < -0.39 is 10.8 Å².